The van der Waals surface area contributed by atoms with E-state index in [-0.39, 0.29) is 11.8 Å². The molecule has 0 unspecified atom stereocenters. The van der Waals surface area contributed by atoms with Gasteiger partial charge >= 0.3 is 0 Å². The molecule has 0 aliphatic carbocycles. The maximum Gasteiger partial charge on any atom is 0.259 e. The highest BCUT2D eigenvalue weighted by atomic mass is 16.5. The number of amides is 1. The molecule has 1 fully saturated rings. The molecule has 8 nitrogen and oxygen atoms in total. The van der Waals surface area contributed by atoms with E-state index in [0.29, 0.717) is 29.5 Å². The maximum atomic E-state index is 13.0. The molecule has 1 aliphatic heterocycles. The summed E-state index contributed by atoms with van der Waals surface area (Å²) in [5.74, 6) is 1.40. The highest BCUT2D eigenvalue weighted by Gasteiger charge is 2.30. The van der Waals surface area contributed by atoms with Crippen molar-refractivity contribution >= 4 is 11.6 Å². The molecule has 130 valence electrons. The van der Waals surface area contributed by atoms with Crippen molar-refractivity contribution in [3.8, 4) is 0 Å². The predicted octanol–water partition coefficient (Wildman–Crippen LogP) is 2.00. The number of hydrogen-bond acceptors (Lipinski definition) is 6. The molecule has 0 aromatic carbocycles. The molecular formula is C17H20N6O2. The Morgan fingerprint density at radius 3 is 3.08 bits per heavy atom. The lowest BCUT2D eigenvalue weighted by Crippen LogP contribution is -2.39. The van der Waals surface area contributed by atoms with E-state index < -0.39 is 0 Å². The van der Waals surface area contributed by atoms with Gasteiger partial charge in [0.15, 0.2) is 11.5 Å². The molecule has 0 saturated carbocycles. The SMILES string of the molecule is CCc1nc([C@@H]2CCCN(C(=O)c3cnn4ccc(C)nc34)C2)no1. The summed E-state index contributed by atoms with van der Waals surface area (Å²) >= 11 is 0. The first-order valence-electron chi connectivity index (χ1n) is 8.58. The fourth-order valence-electron chi connectivity index (χ4n) is 3.23. The first kappa shape index (κ1) is 15.7. The van der Waals surface area contributed by atoms with E-state index in [9.17, 15) is 4.79 Å². The minimum atomic E-state index is -0.0444. The number of aryl methyl sites for hydroxylation is 2. The molecule has 1 atom stereocenters. The number of nitrogens with zero attached hydrogens (tertiary/aromatic N) is 6. The summed E-state index contributed by atoms with van der Waals surface area (Å²) < 4.78 is 6.85. The van der Waals surface area contributed by atoms with Crippen molar-refractivity contribution < 1.29 is 9.32 Å². The molecule has 4 rings (SSSR count). The van der Waals surface area contributed by atoms with Gasteiger partial charge in [0, 0.05) is 37.3 Å². The average molecular weight is 340 g/mol. The van der Waals surface area contributed by atoms with Gasteiger partial charge in [0.25, 0.3) is 5.91 Å². The molecule has 1 saturated heterocycles. The highest BCUT2D eigenvalue weighted by molar-refractivity contribution is 5.99. The molecule has 3 aromatic heterocycles. The smallest absolute Gasteiger partial charge is 0.259 e. The van der Waals surface area contributed by atoms with Gasteiger partial charge in [0.1, 0.15) is 5.56 Å². The molecule has 8 heteroatoms. The summed E-state index contributed by atoms with van der Waals surface area (Å²) in [4.78, 5) is 23.7. The van der Waals surface area contributed by atoms with Crippen molar-refractivity contribution in [1.82, 2.24) is 29.6 Å². The van der Waals surface area contributed by atoms with Gasteiger partial charge in [0.05, 0.1) is 6.20 Å². The first-order chi connectivity index (χ1) is 12.2. The summed E-state index contributed by atoms with van der Waals surface area (Å²) in [6.45, 7) is 5.19. The predicted molar refractivity (Wildman–Crippen MR) is 89.3 cm³/mol. The van der Waals surface area contributed by atoms with Crippen molar-refractivity contribution in [2.45, 2.75) is 39.0 Å². The van der Waals surface area contributed by atoms with E-state index in [1.807, 2.05) is 31.0 Å². The minimum Gasteiger partial charge on any atom is -0.339 e. The number of hydrogen-bond donors (Lipinski definition) is 0. The monoisotopic (exact) mass is 340 g/mol. The Hall–Kier alpha value is -2.77. The lowest BCUT2D eigenvalue weighted by atomic mass is 9.97. The van der Waals surface area contributed by atoms with Gasteiger partial charge < -0.3 is 9.42 Å². The van der Waals surface area contributed by atoms with Gasteiger partial charge in [-0.15, -0.1) is 0 Å². The number of fused-ring (bicyclic) bond motifs is 1. The topological polar surface area (TPSA) is 89.4 Å². The van der Waals surface area contributed by atoms with E-state index in [1.54, 1.807) is 10.7 Å². The second kappa shape index (κ2) is 6.27. The van der Waals surface area contributed by atoms with Gasteiger partial charge in [-0.05, 0) is 25.8 Å². The number of aromatic nitrogens is 5. The van der Waals surface area contributed by atoms with Crippen LogP contribution in [0.1, 0.15) is 53.5 Å². The van der Waals surface area contributed by atoms with Crippen LogP contribution in [-0.2, 0) is 6.42 Å². The zero-order chi connectivity index (χ0) is 17.4. The number of piperidine rings is 1. The molecule has 0 N–H and O–H groups in total. The van der Waals surface area contributed by atoms with E-state index in [4.69, 9.17) is 4.52 Å². The molecule has 0 radical (unpaired) electrons. The van der Waals surface area contributed by atoms with E-state index >= 15 is 0 Å². The lowest BCUT2D eigenvalue weighted by molar-refractivity contribution is 0.0705. The van der Waals surface area contributed by atoms with Crippen LogP contribution >= 0.6 is 0 Å². The highest BCUT2D eigenvalue weighted by Crippen LogP contribution is 2.26. The Labute approximate surface area is 144 Å². The van der Waals surface area contributed by atoms with Crippen LogP contribution in [0.2, 0.25) is 0 Å². The van der Waals surface area contributed by atoms with Crippen LogP contribution in [0.5, 0.6) is 0 Å². The molecule has 0 spiro atoms. The Morgan fingerprint density at radius 2 is 2.28 bits per heavy atom. The van der Waals surface area contributed by atoms with Crippen molar-refractivity contribution in [3.63, 3.8) is 0 Å². The third-order valence-corrected chi connectivity index (χ3v) is 4.60. The van der Waals surface area contributed by atoms with Gasteiger partial charge in [-0.2, -0.15) is 10.1 Å². The molecule has 3 aromatic rings. The fourth-order valence-corrected chi connectivity index (χ4v) is 3.23. The Morgan fingerprint density at radius 1 is 1.40 bits per heavy atom. The van der Waals surface area contributed by atoms with Crippen LogP contribution in [0.4, 0.5) is 0 Å². The third kappa shape index (κ3) is 2.88. The van der Waals surface area contributed by atoms with Crippen molar-refractivity contribution in [2.75, 3.05) is 13.1 Å². The van der Waals surface area contributed by atoms with Crippen molar-refractivity contribution in [3.05, 3.63) is 41.4 Å². The number of carbonyl (C=O) groups excluding carboxylic acids is 1. The Kier molecular flexibility index (Phi) is 3.95. The normalized spacial score (nSPS) is 18.0. The fraction of sp³-hybridized carbons (Fsp3) is 0.471. The van der Waals surface area contributed by atoms with E-state index in [0.717, 1.165) is 31.5 Å². The van der Waals surface area contributed by atoms with Crippen molar-refractivity contribution in [2.24, 2.45) is 0 Å². The molecule has 25 heavy (non-hydrogen) atoms. The van der Waals surface area contributed by atoms with Gasteiger partial charge in [-0.3, -0.25) is 4.79 Å². The Balaban J connectivity index is 1.57. The number of likely N-dealkylation sites (tertiary alicyclic amines) is 1. The standard InChI is InChI=1S/C17H20N6O2/c1-3-14-20-15(21-25-14)12-5-4-7-22(10-12)17(24)13-9-18-23-8-6-11(2)19-16(13)23/h6,8-9,12H,3-5,7,10H2,1-2H3/t12-/m1/s1. The summed E-state index contributed by atoms with van der Waals surface area (Å²) in [5, 5.41) is 8.31. The first-order valence-corrected chi connectivity index (χ1v) is 8.58. The zero-order valence-electron chi connectivity index (χ0n) is 14.3. The van der Waals surface area contributed by atoms with Gasteiger partial charge in [0.2, 0.25) is 5.89 Å². The van der Waals surface area contributed by atoms with Crippen LogP contribution in [0, 0.1) is 6.92 Å². The lowest BCUT2D eigenvalue weighted by Gasteiger charge is -2.31. The second-order valence-corrected chi connectivity index (χ2v) is 6.39. The molecule has 0 bridgehead atoms. The van der Waals surface area contributed by atoms with Crippen molar-refractivity contribution in [1.29, 1.82) is 0 Å². The average Bonchev–Trinajstić information content (AvgIpc) is 3.28. The van der Waals surface area contributed by atoms with Crippen LogP contribution in [0.25, 0.3) is 5.65 Å². The summed E-state index contributed by atoms with van der Waals surface area (Å²) in [6, 6.07) is 1.87. The summed E-state index contributed by atoms with van der Waals surface area (Å²) in [7, 11) is 0. The third-order valence-electron chi connectivity index (χ3n) is 4.60. The molecule has 1 aliphatic rings. The van der Waals surface area contributed by atoms with Crippen LogP contribution in [0.3, 0.4) is 0 Å². The van der Waals surface area contributed by atoms with Crippen LogP contribution in [0.15, 0.2) is 23.0 Å². The van der Waals surface area contributed by atoms with E-state index in [2.05, 4.69) is 20.2 Å². The van der Waals surface area contributed by atoms with Gasteiger partial charge in [-0.1, -0.05) is 12.1 Å². The van der Waals surface area contributed by atoms with Crippen LogP contribution in [-0.4, -0.2) is 48.6 Å². The quantitative estimate of drug-likeness (QED) is 0.724. The summed E-state index contributed by atoms with van der Waals surface area (Å²) in [5.41, 5.74) is 1.99. The Bertz CT molecular complexity index is 915. The number of rotatable bonds is 3. The minimum absolute atomic E-state index is 0.0444. The number of carbonyl (C=O) groups is 1. The molecule has 1 amide bonds. The zero-order valence-corrected chi connectivity index (χ0v) is 14.3. The van der Waals surface area contributed by atoms with Gasteiger partial charge in [-0.25, -0.2) is 9.50 Å². The largest absolute Gasteiger partial charge is 0.339 e. The van der Waals surface area contributed by atoms with E-state index in [1.165, 1.54) is 0 Å². The molecule has 4 heterocycles. The second-order valence-electron chi connectivity index (χ2n) is 6.39. The maximum absolute atomic E-state index is 13.0. The van der Waals surface area contributed by atoms with Crippen LogP contribution < -0.4 is 0 Å². The summed E-state index contributed by atoms with van der Waals surface area (Å²) in [6.07, 6.45) is 6.00. The molecular weight excluding hydrogens is 320 g/mol.